The van der Waals surface area contributed by atoms with Crippen LogP contribution < -0.4 is 5.73 Å². The van der Waals surface area contributed by atoms with Gasteiger partial charge in [0.1, 0.15) is 6.04 Å². The average Bonchev–Trinajstić information content (AvgIpc) is 2.04. The molecule has 3 nitrogen and oxygen atoms in total. The van der Waals surface area contributed by atoms with Crippen molar-refractivity contribution in [1.82, 2.24) is 0 Å². The molecule has 3 N–H and O–H groups in total. The summed E-state index contributed by atoms with van der Waals surface area (Å²) in [6.07, 6.45) is 5.49. The molecule has 0 amide bonds. The summed E-state index contributed by atoms with van der Waals surface area (Å²) in [6, 6.07) is -0.657. The third kappa shape index (κ3) is 3.35. The number of carboxylic acids is 1. The minimum Gasteiger partial charge on any atom is -0.480 e. The molecule has 0 heterocycles. The van der Waals surface area contributed by atoms with Crippen molar-refractivity contribution >= 4 is 5.97 Å². The zero-order valence-corrected chi connectivity index (χ0v) is 8.20. The van der Waals surface area contributed by atoms with Crippen molar-refractivity contribution in [3.05, 3.63) is 0 Å². The smallest absolute Gasteiger partial charge is 0.320 e. The highest BCUT2D eigenvalue weighted by molar-refractivity contribution is 5.73. The Morgan fingerprint density at radius 1 is 1.62 bits per heavy atom. The molecule has 13 heavy (non-hydrogen) atoms. The zero-order valence-electron chi connectivity index (χ0n) is 8.20. The standard InChI is InChI=1S/C10H19NO2/c1-7-3-2-4-8(5-7)6-9(11)10(12)13/h7-9H,2-6,11H2,1H3,(H,12,13). The van der Waals surface area contributed by atoms with Crippen molar-refractivity contribution in [2.75, 3.05) is 0 Å². The third-order valence-electron chi connectivity index (χ3n) is 2.95. The second-order valence-electron chi connectivity index (χ2n) is 4.32. The molecule has 1 aliphatic rings. The lowest BCUT2D eigenvalue weighted by Crippen LogP contribution is -2.33. The summed E-state index contributed by atoms with van der Waals surface area (Å²) in [7, 11) is 0. The Bertz CT molecular complexity index is 182. The summed E-state index contributed by atoms with van der Waals surface area (Å²) in [4.78, 5) is 10.5. The highest BCUT2D eigenvalue weighted by Gasteiger charge is 2.23. The first-order valence-corrected chi connectivity index (χ1v) is 5.08. The highest BCUT2D eigenvalue weighted by atomic mass is 16.4. The van der Waals surface area contributed by atoms with Crippen molar-refractivity contribution < 1.29 is 9.90 Å². The van der Waals surface area contributed by atoms with Crippen LogP contribution in [0.25, 0.3) is 0 Å². The van der Waals surface area contributed by atoms with Crippen LogP contribution in [0.3, 0.4) is 0 Å². The summed E-state index contributed by atoms with van der Waals surface area (Å²) >= 11 is 0. The van der Waals surface area contributed by atoms with Gasteiger partial charge in [0, 0.05) is 0 Å². The SMILES string of the molecule is CC1CCCC(CC(N)C(=O)O)C1. The lowest BCUT2D eigenvalue weighted by molar-refractivity contribution is -0.139. The van der Waals surface area contributed by atoms with Crippen LogP contribution in [0, 0.1) is 11.8 Å². The Labute approximate surface area is 79.3 Å². The van der Waals surface area contributed by atoms with Gasteiger partial charge in [-0.15, -0.1) is 0 Å². The van der Waals surface area contributed by atoms with Gasteiger partial charge in [-0.05, 0) is 24.7 Å². The molecule has 3 heteroatoms. The van der Waals surface area contributed by atoms with E-state index in [4.69, 9.17) is 10.8 Å². The molecule has 0 bridgehead atoms. The van der Waals surface area contributed by atoms with Crippen molar-refractivity contribution in [3.63, 3.8) is 0 Å². The van der Waals surface area contributed by atoms with Crippen molar-refractivity contribution in [3.8, 4) is 0 Å². The van der Waals surface area contributed by atoms with E-state index >= 15 is 0 Å². The lowest BCUT2D eigenvalue weighted by atomic mass is 9.79. The number of nitrogens with two attached hydrogens (primary N) is 1. The minimum atomic E-state index is -0.863. The van der Waals surface area contributed by atoms with Gasteiger partial charge in [0.2, 0.25) is 0 Å². The fourth-order valence-electron chi connectivity index (χ4n) is 2.23. The van der Waals surface area contributed by atoms with Gasteiger partial charge in [0.25, 0.3) is 0 Å². The van der Waals surface area contributed by atoms with Crippen molar-refractivity contribution in [2.45, 2.75) is 45.1 Å². The molecular weight excluding hydrogens is 166 g/mol. The molecule has 0 aromatic heterocycles. The second-order valence-corrected chi connectivity index (χ2v) is 4.32. The van der Waals surface area contributed by atoms with E-state index in [1.165, 1.54) is 12.8 Å². The van der Waals surface area contributed by atoms with Crippen LogP contribution in [0.2, 0.25) is 0 Å². The topological polar surface area (TPSA) is 63.3 Å². The molecule has 1 saturated carbocycles. The molecule has 0 spiro atoms. The van der Waals surface area contributed by atoms with Crippen LogP contribution in [0.15, 0.2) is 0 Å². The van der Waals surface area contributed by atoms with E-state index in [1.54, 1.807) is 0 Å². The van der Waals surface area contributed by atoms with Crippen LogP contribution in [0.4, 0.5) is 0 Å². The predicted octanol–water partition coefficient (Wildman–Crippen LogP) is 1.61. The first kappa shape index (κ1) is 10.5. The Balaban J connectivity index is 2.31. The Kier molecular flexibility index (Phi) is 3.72. The van der Waals surface area contributed by atoms with E-state index in [2.05, 4.69) is 6.92 Å². The summed E-state index contributed by atoms with van der Waals surface area (Å²) in [6.45, 7) is 2.23. The molecule has 3 unspecified atom stereocenters. The molecule has 0 radical (unpaired) electrons. The summed E-state index contributed by atoms with van der Waals surface area (Å²) in [5, 5.41) is 8.65. The van der Waals surface area contributed by atoms with Gasteiger partial charge in [-0.25, -0.2) is 0 Å². The van der Waals surface area contributed by atoms with E-state index < -0.39 is 12.0 Å². The van der Waals surface area contributed by atoms with Gasteiger partial charge < -0.3 is 10.8 Å². The summed E-state index contributed by atoms with van der Waals surface area (Å²) < 4.78 is 0. The Morgan fingerprint density at radius 3 is 2.85 bits per heavy atom. The first-order chi connectivity index (χ1) is 6.09. The van der Waals surface area contributed by atoms with Gasteiger partial charge in [0.15, 0.2) is 0 Å². The second kappa shape index (κ2) is 4.61. The summed E-state index contributed by atoms with van der Waals surface area (Å²) in [5.41, 5.74) is 5.49. The van der Waals surface area contributed by atoms with Crippen LogP contribution >= 0.6 is 0 Å². The summed E-state index contributed by atoms with van der Waals surface area (Å²) in [5.74, 6) is 0.424. The Hall–Kier alpha value is -0.570. The van der Waals surface area contributed by atoms with Gasteiger partial charge in [-0.3, -0.25) is 4.79 Å². The number of aliphatic carboxylic acids is 1. The lowest BCUT2D eigenvalue weighted by Gasteiger charge is -2.27. The molecule has 0 saturated heterocycles. The largest absolute Gasteiger partial charge is 0.480 e. The molecule has 1 fully saturated rings. The van der Waals surface area contributed by atoms with Crippen LogP contribution in [0.1, 0.15) is 39.0 Å². The number of hydrogen-bond acceptors (Lipinski definition) is 2. The van der Waals surface area contributed by atoms with E-state index in [0.29, 0.717) is 12.3 Å². The molecule has 0 aromatic rings. The van der Waals surface area contributed by atoms with Crippen LogP contribution in [-0.2, 0) is 4.79 Å². The average molecular weight is 185 g/mol. The maximum absolute atomic E-state index is 10.5. The number of rotatable bonds is 3. The fourth-order valence-corrected chi connectivity index (χ4v) is 2.23. The van der Waals surface area contributed by atoms with Crippen LogP contribution in [-0.4, -0.2) is 17.1 Å². The van der Waals surface area contributed by atoms with E-state index in [0.717, 1.165) is 18.8 Å². The molecule has 1 aliphatic carbocycles. The maximum Gasteiger partial charge on any atom is 0.320 e. The quantitative estimate of drug-likeness (QED) is 0.702. The molecule has 1 rings (SSSR count). The molecule has 76 valence electrons. The number of hydrogen-bond donors (Lipinski definition) is 2. The number of carboxylic acid groups (broad SMARTS) is 1. The minimum absolute atomic E-state index is 0.537. The van der Waals surface area contributed by atoms with Crippen LogP contribution in [0.5, 0.6) is 0 Å². The monoisotopic (exact) mass is 185 g/mol. The fraction of sp³-hybridized carbons (Fsp3) is 0.900. The normalized spacial score (nSPS) is 31.2. The molecular formula is C10H19NO2. The Morgan fingerprint density at radius 2 is 2.31 bits per heavy atom. The van der Waals surface area contributed by atoms with Gasteiger partial charge >= 0.3 is 5.97 Å². The van der Waals surface area contributed by atoms with E-state index in [-0.39, 0.29) is 0 Å². The zero-order chi connectivity index (χ0) is 9.84. The molecule has 0 aromatic carbocycles. The van der Waals surface area contributed by atoms with Gasteiger partial charge in [-0.2, -0.15) is 0 Å². The van der Waals surface area contributed by atoms with Gasteiger partial charge in [-0.1, -0.05) is 26.2 Å². The number of carbonyl (C=O) groups is 1. The maximum atomic E-state index is 10.5. The third-order valence-corrected chi connectivity index (χ3v) is 2.95. The van der Waals surface area contributed by atoms with Crippen molar-refractivity contribution in [2.24, 2.45) is 17.6 Å². The molecule has 3 atom stereocenters. The predicted molar refractivity (Wildman–Crippen MR) is 51.4 cm³/mol. The highest BCUT2D eigenvalue weighted by Crippen LogP contribution is 2.31. The van der Waals surface area contributed by atoms with Crippen molar-refractivity contribution in [1.29, 1.82) is 0 Å². The molecule has 0 aliphatic heterocycles. The van der Waals surface area contributed by atoms with E-state index in [1.807, 2.05) is 0 Å². The first-order valence-electron chi connectivity index (χ1n) is 5.08. The van der Waals surface area contributed by atoms with Gasteiger partial charge in [0.05, 0.1) is 0 Å². The van der Waals surface area contributed by atoms with E-state index in [9.17, 15) is 4.79 Å².